The molecule has 9 nitrogen and oxygen atoms in total. The summed E-state index contributed by atoms with van der Waals surface area (Å²) in [6, 6.07) is 21.1. The van der Waals surface area contributed by atoms with E-state index >= 15 is 0 Å². The average Bonchev–Trinajstić information content (AvgIpc) is 2.93. The van der Waals surface area contributed by atoms with Crippen molar-refractivity contribution in [2.24, 2.45) is 0 Å². The number of morpholine rings is 1. The Bertz CT molecular complexity index is 1540. The molecule has 190 valence electrons. The molecular weight excluding hydrogens is 470 g/mol. The molecule has 9 heteroatoms. The minimum absolute atomic E-state index is 0.105. The average molecular weight is 500 g/mol. The number of benzene rings is 3. The van der Waals surface area contributed by atoms with Crippen molar-refractivity contribution >= 4 is 28.2 Å². The summed E-state index contributed by atoms with van der Waals surface area (Å²) >= 11 is 0. The van der Waals surface area contributed by atoms with Crippen LogP contribution in [0.2, 0.25) is 0 Å². The van der Waals surface area contributed by atoms with E-state index in [9.17, 15) is 14.4 Å². The number of hydrogen-bond donors (Lipinski definition) is 2. The van der Waals surface area contributed by atoms with E-state index in [-0.39, 0.29) is 23.7 Å². The molecule has 0 atom stereocenters. The Hall–Kier alpha value is -4.21. The highest BCUT2D eigenvalue weighted by Crippen LogP contribution is 2.18. The second-order valence-electron chi connectivity index (χ2n) is 9.03. The molecule has 2 heterocycles. The van der Waals surface area contributed by atoms with Gasteiger partial charge in [-0.15, -0.1) is 0 Å². The van der Waals surface area contributed by atoms with E-state index in [1.807, 2.05) is 12.1 Å². The molecule has 37 heavy (non-hydrogen) atoms. The van der Waals surface area contributed by atoms with Crippen molar-refractivity contribution in [3.63, 3.8) is 0 Å². The van der Waals surface area contributed by atoms with Crippen molar-refractivity contribution in [2.45, 2.75) is 13.1 Å². The van der Waals surface area contributed by atoms with Gasteiger partial charge in [-0.2, -0.15) is 0 Å². The molecular formula is C28H29N5O4. The van der Waals surface area contributed by atoms with Gasteiger partial charge in [-0.05, 0) is 42.0 Å². The lowest BCUT2D eigenvalue weighted by Crippen LogP contribution is -2.43. The molecule has 0 radical (unpaired) electrons. The van der Waals surface area contributed by atoms with Gasteiger partial charge in [0.05, 0.1) is 42.0 Å². The summed E-state index contributed by atoms with van der Waals surface area (Å²) < 4.78 is 8.36. The first-order valence-corrected chi connectivity index (χ1v) is 12.3. The lowest BCUT2D eigenvalue weighted by Gasteiger charge is -2.27. The number of carbonyl (C=O) groups is 1. The van der Waals surface area contributed by atoms with Crippen LogP contribution >= 0.6 is 0 Å². The summed E-state index contributed by atoms with van der Waals surface area (Å²) in [6.45, 7) is 4.28. The van der Waals surface area contributed by atoms with Crippen LogP contribution in [0.3, 0.4) is 0 Å². The van der Waals surface area contributed by atoms with E-state index in [0.29, 0.717) is 54.1 Å². The molecule has 0 spiro atoms. The topological polar surface area (TPSA) is 112 Å². The van der Waals surface area contributed by atoms with E-state index < -0.39 is 0 Å². The van der Waals surface area contributed by atoms with Crippen LogP contribution in [-0.2, 0) is 17.8 Å². The molecule has 3 N–H and O–H groups in total. The molecule has 0 unspecified atom stereocenters. The van der Waals surface area contributed by atoms with Crippen LogP contribution in [-0.4, -0.2) is 52.8 Å². The van der Waals surface area contributed by atoms with Crippen molar-refractivity contribution in [3.8, 4) is 0 Å². The van der Waals surface area contributed by atoms with Crippen LogP contribution in [0.25, 0.3) is 10.9 Å². The van der Waals surface area contributed by atoms with Crippen LogP contribution in [0.15, 0.2) is 82.4 Å². The van der Waals surface area contributed by atoms with Crippen LogP contribution in [0.5, 0.6) is 0 Å². The zero-order valence-corrected chi connectivity index (χ0v) is 20.4. The summed E-state index contributed by atoms with van der Waals surface area (Å²) in [4.78, 5) is 41.7. The van der Waals surface area contributed by atoms with Gasteiger partial charge in [0.25, 0.3) is 11.5 Å². The third-order valence-corrected chi connectivity index (χ3v) is 6.64. The highest BCUT2D eigenvalue weighted by Gasteiger charge is 2.16. The summed E-state index contributed by atoms with van der Waals surface area (Å²) in [6.07, 6.45) is 0. The Morgan fingerprint density at radius 1 is 0.865 bits per heavy atom. The lowest BCUT2D eigenvalue weighted by molar-refractivity contribution is 0.0363. The normalized spacial score (nSPS) is 14.1. The number of carbonyl (C=O) groups excluding carboxylic acids is 1. The monoisotopic (exact) mass is 499 g/mol. The number of rotatable bonds is 7. The SMILES string of the molecule is Nc1ccccc1NC(=O)c1ccc(Cn2c(=O)c3ccccc3n(CCN3CCOCC3)c2=O)cc1. The molecule has 0 saturated carbocycles. The Morgan fingerprint density at radius 3 is 2.32 bits per heavy atom. The first-order valence-electron chi connectivity index (χ1n) is 12.3. The zero-order chi connectivity index (χ0) is 25.8. The Labute approximate surface area is 213 Å². The summed E-state index contributed by atoms with van der Waals surface area (Å²) in [5, 5.41) is 3.30. The highest BCUT2D eigenvalue weighted by atomic mass is 16.5. The molecule has 1 saturated heterocycles. The third kappa shape index (κ3) is 5.32. The summed E-state index contributed by atoms with van der Waals surface area (Å²) in [5.41, 5.74) is 8.07. The predicted molar refractivity (Wildman–Crippen MR) is 144 cm³/mol. The van der Waals surface area contributed by atoms with Crippen LogP contribution < -0.4 is 22.3 Å². The number of nitrogens with two attached hydrogens (primary N) is 1. The van der Waals surface area contributed by atoms with Gasteiger partial charge in [-0.3, -0.25) is 23.6 Å². The summed E-state index contributed by atoms with van der Waals surface area (Å²) in [7, 11) is 0. The van der Waals surface area contributed by atoms with E-state index in [2.05, 4.69) is 10.2 Å². The van der Waals surface area contributed by atoms with Crippen molar-refractivity contribution in [1.29, 1.82) is 0 Å². The molecule has 1 aliphatic heterocycles. The molecule has 0 bridgehead atoms. The maximum absolute atomic E-state index is 13.5. The molecule has 4 aromatic rings. The van der Waals surface area contributed by atoms with E-state index in [1.165, 1.54) is 4.57 Å². The Kier molecular flexibility index (Phi) is 7.16. The minimum atomic E-state index is -0.349. The zero-order valence-electron chi connectivity index (χ0n) is 20.4. The van der Waals surface area contributed by atoms with Gasteiger partial charge in [0.1, 0.15) is 0 Å². The number of fused-ring (bicyclic) bond motifs is 1. The number of anilines is 2. The van der Waals surface area contributed by atoms with Gasteiger partial charge in [0.15, 0.2) is 0 Å². The van der Waals surface area contributed by atoms with Gasteiger partial charge in [0, 0.05) is 31.7 Å². The number of nitrogen functional groups attached to an aromatic ring is 1. The predicted octanol–water partition coefficient (Wildman–Crippen LogP) is 2.38. The maximum Gasteiger partial charge on any atom is 0.331 e. The number of hydrogen-bond acceptors (Lipinski definition) is 6. The van der Waals surface area contributed by atoms with Crippen molar-refractivity contribution in [1.82, 2.24) is 14.0 Å². The first kappa shape index (κ1) is 24.5. The standard InChI is InChI=1S/C28H29N5O4/c29-23-6-2-3-7-24(23)30-26(34)21-11-9-20(10-12-21)19-33-27(35)22-5-1-4-8-25(22)32(28(33)36)14-13-31-15-17-37-18-16-31/h1-12H,13-19,29H2,(H,30,34). The highest BCUT2D eigenvalue weighted by molar-refractivity contribution is 6.05. The van der Waals surface area contributed by atoms with Crippen molar-refractivity contribution < 1.29 is 9.53 Å². The van der Waals surface area contributed by atoms with Gasteiger partial charge in [-0.1, -0.05) is 36.4 Å². The quantitative estimate of drug-likeness (QED) is 0.378. The number of para-hydroxylation sites is 3. The Morgan fingerprint density at radius 2 is 1.57 bits per heavy atom. The van der Waals surface area contributed by atoms with Crippen molar-refractivity contribution in [2.75, 3.05) is 43.9 Å². The first-order chi connectivity index (χ1) is 18.0. The fraction of sp³-hybridized carbons (Fsp3) is 0.250. The fourth-order valence-electron chi connectivity index (χ4n) is 4.54. The molecule has 1 aliphatic rings. The number of aromatic nitrogens is 2. The second-order valence-corrected chi connectivity index (χ2v) is 9.03. The molecule has 1 aromatic heterocycles. The Balaban J connectivity index is 1.39. The van der Waals surface area contributed by atoms with Crippen LogP contribution in [0.4, 0.5) is 11.4 Å². The lowest BCUT2D eigenvalue weighted by atomic mass is 10.1. The van der Waals surface area contributed by atoms with Gasteiger partial charge in [-0.25, -0.2) is 4.79 Å². The second kappa shape index (κ2) is 10.8. The third-order valence-electron chi connectivity index (χ3n) is 6.64. The van der Waals surface area contributed by atoms with Crippen molar-refractivity contribution in [3.05, 3.63) is 105 Å². The smallest absolute Gasteiger partial charge is 0.331 e. The van der Waals surface area contributed by atoms with E-state index in [0.717, 1.165) is 18.7 Å². The van der Waals surface area contributed by atoms with Gasteiger partial charge in [0.2, 0.25) is 0 Å². The molecule has 5 rings (SSSR count). The molecule has 1 fully saturated rings. The van der Waals surface area contributed by atoms with E-state index in [1.54, 1.807) is 65.2 Å². The number of nitrogens with zero attached hydrogens (tertiary/aromatic N) is 3. The number of nitrogens with one attached hydrogen (secondary N) is 1. The van der Waals surface area contributed by atoms with Crippen LogP contribution in [0, 0.1) is 0 Å². The number of ether oxygens (including phenoxy) is 1. The maximum atomic E-state index is 13.5. The van der Waals surface area contributed by atoms with E-state index in [4.69, 9.17) is 10.5 Å². The van der Waals surface area contributed by atoms with Crippen LogP contribution in [0.1, 0.15) is 15.9 Å². The molecule has 1 amide bonds. The van der Waals surface area contributed by atoms with Gasteiger partial charge >= 0.3 is 5.69 Å². The fourth-order valence-corrected chi connectivity index (χ4v) is 4.54. The molecule has 3 aromatic carbocycles. The molecule has 0 aliphatic carbocycles. The minimum Gasteiger partial charge on any atom is -0.397 e. The summed E-state index contributed by atoms with van der Waals surface area (Å²) in [5.74, 6) is -0.294. The largest absolute Gasteiger partial charge is 0.397 e. The van der Waals surface area contributed by atoms with Gasteiger partial charge < -0.3 is 15.8 Å². The number of amides is 1.